The van der Waals surface area contributed by atoms with Gasteiger partial charge in [0.25, 0.3) is 0 Å². The summed E-state index contributed by atoms with van der Waals surface area (Å²) >= 11 is 0. The van der Waals surface area contributed by atoms with Crippen LogP contribution in [0.25, 0.3) is 0 Å². The Morgan fingerprint density at radius 1 is 1.06 bits per heavy atom. The van der Waals surface area contributed by atoms with Gasteiger partial charge in [0.15, 0.2) is 0 Å². The van der Waals surface area contributed by atoms with Gasteiger partial charge in [0.1, 0.15) is 6.29 Å². The van der Waals surface area contributed by atoms with E-state index < -0.39 is 0 Å². The molecule has 0 fully saturated rings. The van der Waals surface area contributed by atoms with Gasteiger partial charge < -0.3 is 4.79 Å². The van der Waals surface area contributed by atoms with E-state index in [2.05, 4.69) is 19.9 Å². The summed E-state index contributed by atoms with van der Waals surface area (Å²) in [6.45, 7) is 4.64. The van der Waals surface area contributed by atoms with Crippen LogP contribution in [0.15, 0.2) is 6.07 Å². The van der Waals surface area contributed by atoms with E-state index in [1.165, 1.54) is 53.5 Å². The summed E-state index contributed by atoms with van der Waals surface area (Å²) in [5.74, 6) is 1.52. The second-order valence-corrected chi connectivity index (χ2v) is 6.03. The van der Waals surface area contributed by atoms with Crippen molar-refractivity contribution in [1.82, 2.24) is 0 Å². The standard InChI is InChI=1S/C16H20O/c1-10-5-12-9-13-6-11(2)8-16(13)14(3-4-17)15(12)7-10/h4,9-11H,3,5-8H2,1-2H3. The van der Waals surface area contributed by atoms with Gasteiger partial charge in [0.05, 0.1) is 0 Å². The summed E-state index contributed by atoms with van der Waals surface area (Å²) in [6, 6.07) is 2.44. The fourth-order valence-corrected chi connectivity index (χ4v) is 3.75. The van der Waals surface area contributed by atoms with E-state index in [1.54, 1.807) is 0 Å². The Labute approximate surface area is 103 Å². The lowest BCUT2D eigenvalue weighted by Crippen LogP contribution is -2.02. The third kappa shape index (κ3) is 1.72. The van der Waals surface area contributed by atoms with Crippen LogP contribution in [0.4, 0.5) is 0 Å². The number of hydrogen-bond acceptors (Lipinski definition) is 1. The monoisotopic (exact) mass is 228 g/mol. The Kier molecular flexibility index (Phi) is 2.57. The van der Waals surface area contributed by atoms with Gasteiger partial charge in [-0.25, -0.2) is 0 Å². The predicted molar refractivity (Wildman–Crippen MR) is 69.4 cm³/mol. The fourth-order valence-electron chi connectivity index (χ4n) is 3.75. The summed E-state index contributed by atoms with van der Waals surface area (Å²) < 4.78 is 0. The molecule has 0 bridgehead atoms. The van der Waals surface area contributed by atoms with Gasteiger partial charge in [0, 0.05) is 6.42 Å². The molecular weight excluding hydrogens is 208 g/mol. The smallest absolute Gasteiger partial charge is 0.124 e. The van der Waals surface area contributed by atoms with Gasteiger partial charge in [-0.1, -0.05) is 19.9 Å². The zero-order valence-electron chi connectivity index (χ0n) is 10.8. The maximum Gasteiger partial charge on any atom is 0.124 e. The molecule has 0 aromatic heterocycles. The highest BCUT2D eigenvalue weighted by Crippen LogP contribution is 2.38. The van der Waals surface area contributed by atoms with E-state index in [1.807, 2.05) is 0 Å². The molecule has 1 aromatic carbocycles. The number of carbonyl (C=O) groups is 1. The highest BCUT2D eigenvalue weighted by atomic mass is 16.1. The maximum atomic E-state index is 10.9. The molecule has 90 valence electrons. The van der Waals surface area contributed by atoms with Crippen LogP contribution in [-0.4, -0.2) is 6.29 Å². The summed E-state index contributed by atoms with van der Waals surface area (Å²) in [7, 11) is 0. The van der Waals surface area contributed by atoms with Crippen molar-refractivity contribution in [3.8, 4) is 0 Å². The SMILES string of the molecule is CC1Cc2cc3c(c(CC=O)c2C1)CC(C)C3. The van der Waals surface area contributed by atoms with Crippen LogP contribution in [0.3, 0.4) is 0 Å². The number of hydrogen-bond donors (Lipinski definition) is 0. The summed E-state index contributed by atoms with van der Waals surface area (Å²) in [4.78, 5) is 10.9. The molecule has 0 N–H and O–H groups in total. The molecule has 2 aliphatic carbocycles. The van der Waals surface area contributed by atoms with Crippen molar-refractivity contribution in [2.75, 3.05) is 0 Å². The molecule has 2 unspecified atom stereocenters. The Morgan fingerprint density at radius 3 is 2.06 bits per heavy atom. The van der Waals surface area contributed by atoms with E-state index >= 15 is 0 Å². The van der Waals surface area contributed by atoms with Gasteiger partial charge in [0.2, 0.25) is 0 Å². The second-order valence-electron chi connectivity index (χ2n) is 6.03. The highest BCUT2D eigenvalue weighted by Gasteiger charge is 2.28. The van der Waals surface area contributed by atoms with Crippen molar-refractivity contribution >= 4 is 6.29 Å². The number of rotatable bonds is 2. The molecule has 0 saturated heterocycles. The zero-order chi connectivity index (χ0) is 12.0. The van der Waals surface area contributed by atoms with Crippen LogP contribution in [-0.2, 0) is 36.9 Å². The average molecular weight is 228 g/mol. The molecule has 0 amide bonds. The Balaban J connectivity index is 2.14. The predicted octanol–water partition coefficient (Wildman–Crippen LogP) is 2.90. The molecule has 17 heavy (non-hydrogen) atoms. The lowest BCUT2D eigenvalue weighted by molar-refractivity contribution is -0.107. The first-order chi connectivity index (χ1) is 8.19. The first kappa shape index (κ1) is 11.0. The molecule has 0 saturated carbocycles. The molecule has 2 aliphatic rings. The van der Waals surface area contributed by atoms with E-state index in [4.69, 9.17) is 0 Å². The highest BCUT2D eigenvalue weighted by molar-refractivity contribution is 5.61. The van der Waals surface area contributed by atoms with Crippen LogP contribution >= 0.6 is 0 Å². The zero-order valence-corrected chi connectivity index (χ0v) is 10.8. The van der Waals surface area contributed by atoms with Crippen LogP contribution < -0.4 is 0 Å². The number of fused-ring (bicyclic) bond motifs is 2. The number of aldehydes is 1. The van der Waals surface area contributed by atoms with Gasteiger partial charge in [-0.15, -0.1) is 0 Å². The van der Waals surface area contributed by atoms with E-state index in [-0.39, 0.29) is 0 Å². The summed E-state index contributed by atoms with van der Waals surface area (Å²) in [5, 5.41) is 0. The molecule has 0 aliphatic heterocycles. The molecular formula is C16H20O. The Hall–Kier alpha value is -1.11. The van der Waals surface area contributed by atoms with Crippen molar-refractivity contribution in [2.24, 2.45) is 11.8 Å². The normalized spacial score (nSPS) is 25.8. The quantitative estimate of drug-likeness (QED) is 0.711. The molecule has 3 rings (SSSR count). The van der Waals surface area contributed by atoms with Gasteiger partial charge in [-0.05, 0) is 65.3 Å². The minimum atomic E-state index is 0.630. The summed E-state index contributed by atoms with van der Waals surface area (Å²) in [5.41, 5.74) is 7.47. The van der Waals surface area contributed by atoms with Crippen molar-refractivity contribution in [1.29, 1.82) is 0 Å². The molecule has 0 radical (unpaired) electrons. The largest absolute Gasteiger partial charge is 0.303 e. The molecule has 1 aromatic rings. The van der Waals surface area contributed by atoms with Crippen molar-refractivity contribution in [3.63, 3.8) is 0 Å². The van der Waals surface area contributed by atoms with Crippen LogP contribution in [0, 0.1) is 11.8 Å². The molecule has 2 atom stereocenters. The first-order valence-electron chi connectivity index (χ1n) is 6.78. The molecule has 1 nitrogen and oxygen atoms in total. The van der Waals surface area contributed by atoms with Crippen molar-refractivity contribution < 1.29 is 4.79 Å². The molecule has 0 spiro atoms. The lowest BCUT2D eigenvalue weighted by atomic mass is 9.92. The Morgan fingerprint density at radius 2 is 1.59 bits per heavy atom. The van der Waals surface area contributed by atoms with Crippen LogP contribution in [0.1, 0.15) is 41.7 Å². The topological polar surface area (TPSA) is 17.1 Å². The number of carbonyl (C=O) groups excluding carboxylic acids is 1. The fraction of sp³-hybridized carbons (Fsp3) is 0.562. The van der Waals surface area contributed by atoms with Crippen molar-refractivity contribution in [2.45, 2.75) is 46.0 Å². The average Bonchev–Trinajstić information content (AvgIpc) is 2.79. The molecule has 1 heteroatoms. The minimum Gasteiger partial charge on any atom is -0.303 e. The maximum absolute atomic E-state index is 10.9. The third-order valence-corrected chi connectivity index (χ3v) is 4.38. The van der Waals surface area contributed by atoms with Gasteiger partial charge >= 0.3 is 0 Å². The lowest BCUT2D eigenvalue weighted by Gasteiger charge is -2.12. The van der Waals surface area contributed by atoms with E-state index in [0.717, 1.165) is 18.1 Å². The van der Waals surface area contributed by atoms with E-state index in [9.17, 15) is 4.79 Å². The summed E-state index contributed by atoms with van der Waals surface area (Å²) in [6.07, 6.45) is 6.50. The number of benzene rings is 1. The van der Waals surface area contributed by atoms with Gasteiger partial charge in [-0.3, -0.25) is 0 Å². The van der Waals surface area contributed by atoms with Crippen LogP contribution in [0.5, 0.6) is 0 Å². The third-order valence-electron chi connectivity index (χ3n) is 4.38. The molecule has 0 heterocycles. The Bertz CT molecular complexity index is 437. The van der Waals surface area contributed by atoms with E-state index in [0.29, 0.717) is 6.42 Å². The van der Waals surface area contributed by atoms with Gasteiger partial charge in [-0.2, -0.15) is 0 Å². The minimum absolute atomic E-state index is 0.630. The second kappa shape index (κ2) is 3.97. The first-order valence-corrected chi connectivity index (χ1v) is 6.78. The van der Waals surface area contributed by atoms with Crippen molar-refractivity contribution in [3.05, 3.63) is 33.9 Å². The van der Waals surface area contributed by atoms with Crippen LogP contribution in [0.2, 0.25) is 0 Å².